The van der Waals surface area contributed by atoms with Crippen molar-refractivity contribution in [1.82, 2.24) is 5.32 Å². The summed E-state index contributed by atoms with van der Waals surface area (Å²) in [4.78, 5) is 13.1. The van der Waals surface area contributed by atoms with Crippen molar-refractivity contribution in [1.29, 1.82) is 0 Å². The number of aryl methyl sites for hydroxylation is 1. The third-order valence-electron chi connectivity index (χ3n) is 5.58. The third-order valence-corrected chi connectivity index (χ3v) is 7.62. The zero-order chi connectivity index (χ0) is 25.6. The van der Waals surface area contributed by atoms with Gasteiger partial charge in [-0.2, -0.15) is 0 Å². The molecule has 0 aliphatic carbocycles. The average Bonchev–Trinajstić information content (AvgIpc) is 2.87. The first-order chi connectivity index (χ1) is 16.8. The molecule has 1 N–H and O–H groups in total. The Hall–Kier alpha value is -3.72. The molecule has 3 rings (SSSR count). The van der Waals surface area contributed by atoms with Crippen LogP contribution in [-0.2, 0) is 16.6 Å². The normalized spacial score (nSPS) is 11.0. The minimum Gasteiger partial charge on any atom is -0.496 e. The van der Waals surface area contributed by atoms with Gasteiger partial charge in [0.25, 0.3) is 15.9 Å². The first-order valence-electron chi connectivity index (χ1n) is 11.0. The maximum atomic E-state index is 13.5. The molecular weight excluding hydrogens is 468 g/mol. The summed E-state index contributed by atoms with van der Waals surface area (Å²) >= 11 is 0. The van der Waals surface area contributed by atoms with Crippen molar-refractivity contribution in [3.63, 3.8) is 0 Å². The highest BCUT2D eigenvalue weighted by Crippen LogP contribution is 2.34. The third kappa shape index (κ3) is 5.51. The quantitative estimate of drug-likeness (QED) is 0.451. The van der Waals surface area contributed by atoms with Gasteiger partial charge in [-0.25, -0.2) is 8.42 Å². The summed E-state index contributed by atoms with van der Waals surface area (Å²) < 4.78 is 44.4. The highest BCUT2D eigenvalue weighted by molar-refractivity contribution is 7.92. The van der Waals surface area contributed by atoms with Crippen LogP contribution in [0.2, 0.25) is 0 Å². The molecule has 186 valence electrons. The molecule has 0 spiro atoms. The molecule has 0 atom stereocenters. The molecule has 0 heterocycles. The molecule has 3 aromatic carbocycles. The average molecular weight is 499 g/mol. The van der Waals surface area contributed by atoms with E-state index in [-0.39, 0.29) is 23.5 Å². The molecule has 1 amide bonds. The van der Waals surface area contributed by atoms with Gasteiger partial charge >= 0.3 is 0 Å². The van der Waals surface area contributed by atoms with E-state index < -0.39 is 15.9 Å². The summed E-state index contributed by atoms with van der Waals surface area (Å²) in [5.41, 5.74) is 2.03. The lowest BCUT2D eigenvalue weighted by Gasteiger charge is -2.24. The number of para-hydroxylation sites is 1. The number of carbonyl (C=O) groups excluding carboxylic acids is 1. The number of hydrogen-bond donors (Lipinski definition) is 1. The van der Waals surface area contributed by atoms with Crippen LogP contribution in [0.3, 0.4) is 0 Å². The van der Waals surface area contributed by atoms with E-state index in [9.17, 15) is 13.2 Å². The van der Waals surface area contributed by atoms with Gasteiger partial charge in [0.05, 0.1) is 31.9 Å². The lowest BCUT2D eigenvalue weighted by molar-refractivity contribution is 0.0950. The second-order valence-electron chi connectivity index (χ2n) is 7.69. The van der Waals surface area contributed by atoms with E-state index in [0.29, 0.717) is 34.1 Å². The Labute approximate surface area is 206 Å². The number of hydrogen-bond acceptors (Lipinski definition) is 6. The maximum Gasteiger partial charge on any atom is 0.264 e. The number of nitrogens with one attached hydrogen (secondary N) is 1. The Bertz CT molecular complexity index is 1290. The number of rotatable bonds is 10. The molecule has 0 saturated heterocycles. The molecule has 35 heavy (non-hydrogen) atoms. The van der Waals surface area contributed by atoms with Crippen molar-refractivity contribution < 1.29 is 27.4 Å². The number of ether oxygens (including phenoxy) is 3. The number of benzene rings is 3. The maximum absolute atomic E-state index is 13.5. The topological polar surface area (TPSA) is 94.2 Å². The molecule has 0 aromatic heterocycles. The molecule has 3 aromatic rings. The first-order valence-corrected chi connectivity index (χ1v) is 12.5. The van der Waals surface area contributed by atoms with E-state index in [1.807, 2.05) is 6.07 Å². The van der Waals surface area contributed by atoms with Gasteiger partial charge in [-0.1, -0.05) is 24.3 Å². The molecule has 9 heteroatoms. The van der Waals surface area contributed by atoms with Crippen LogP contribution in [0.25, 0.3) is 0 Å². The largest absolute Gasteiger partial charge is 0.496 e. The van der Waals surface area contributed by atoms with Gasteiger partial charge < -0.3 is 19.5 Å². The molecule has 0 fully saturated rings. The predicted molar refractivity (Wildman–Crippen MR) is 135 cm³/mol. The second-order valence-corrected chi connectivity index (χ2v) is 9.52. The van der Waals surface area contributed by atoms with Gasteiger partial charge in [0.15, 0.2) is 11.5 Å². The molecule has 0 aliphatic rings. The molecule has 0 bridgehead atoms. The van der Waals surface area contributed by atoms with Crippen LogP contribution in [0.4, 0.5) is 5.69 Å². The van der Waals surface area contributed by atoms with E-state index in [0.717, 1.165) is 0 Å². The van der Waals surface area contributed by atoms with Crippen molar-refractivity contribution in [2.75, 3.05) is 32.2 Å². The van der Waals surface area contributed by atoms with Crippen LogP contribution in [0, 0.1) is 6.92 Å². The van der Waals surface area contributed by atoms with E-state index in [4.69, 9.17) is 14.2 Å². The number of anilines is 1. The van der Waals surface area contributed by atoms with Crippen molar-refractivity contribution in [3.8, 4) is 17.2 Å². The van der Waals surface area contributed by atoms with Gasteiger partial charge in [-0.3, -0.25) is 9.10 Å². The lowest BCUT2D eigenvalue weighted by Crippen LogP contribution is -2.31. The predicted octanol–water partition coefficient (Wildman–Crippen LogP) is 4.17. The monoisotopic (exact) mass is 498 g/mol. The Balaban J connectivity index is 1.88. The van der Waals surface area contributed by atoms with Gasteiger partial charge in [0, 0.05) is 30.3 Å². The number of carbonyl (C=O) groups is 1. The van der Waals surface area contributed by atoms with Crippen molar-refractivity contribution >= 4 is 21.6 Å². The number of methoxy groups -OCH3 is 3. The van der Waals surface area contributed by atoms with Crippen molar-refractivity contribution in [2.45, 2.75) is 25.3 Å². The summed E-state index contributed by atoms with van der Waals surface area (Å²) in [7, 11) is 0.692. The SMILES string of the molecule is CCN(c1ccccc1)S(=O)(=O)c1cc(C(=O)NCc2cc(OC)c(OC)cc2OC)ccc1C. The smallest absolute Gasteiger partial charge is 0.264 e. The number of amides is 1. The van der Waals surface area contributed by atoms with E-state index in [2.05, 4.69) is 5.32 Å². The fraction of sp³-hybridized carbons (Fsp3) is 0.269. The van der Waals surface area contributed by atoms with Crippen LogP contribution in [-0.4, -0.2) is 42.2 Å². The summed E-state index contributed by atoms with van der Waals surface area (Å²) in [6, 6.07) is 16.9. The Morgan fingerprint density at radius 2 is 1.51 bits per heavy atom. The minimum absolute atomic E-state index is 0.0829. The fourth-order valence-corrected chi connectivity index (χ4v) is 5.46. The lowest BCUT2D eigenvalue weighted by atomic mass is 10.1. The van der Waals surface area contributed by atoms with E-state index in [1.165, 1.54) is 31.7 Å². The van der Waals surface area contributed by atoms with Crippen LogP contribution >= 0.6 is 0 Å². The molecule has 0 aliphatic heterocycles. The summed E-state index contributed by atoms with van der Waals surface area (Å²) in [5, 5.41) is 2.83. The van der Waals surface area contributed by atoms with Crippen LogP contribution in [0.15, 0.2) is 65.6 Å². The molecule has 0 radical (unpaired) electrons. The Morgan fingerprint density at radius 1 is 0.886 bits per heavy atom. The van der Waals surface area contributed by atoms with Gasteiger partial charge in [-0.15, -0.1) is 0 Å². The van der Waals surface area contributed by atoms with Crippen molar-refractivity contribution in [2.24, 2.45) is 0 Å². The van der Waals surface area contributed by atoms with Crippen LogP contribution in [0.1, 0.15) is 28.4 Å². The molecular formula is C26H30N2O6S. The molecule has 0 saturated carbocycles. The molecule has 8 nitrogen and oxygen atoms in total. The highest BCUT2D eigenvalue weighted by atomic mass is 32.2. The standard InChI is InChI=1S/C26H30N2O6S/c1-6-28(21-10-8-7-9-11-21)35(30,31)25-15-19(13-12-18(25)2)26(29)27-17-20-14-23(33-4)24(34-5)16-22(20)32-3/h7-16H,6,17H2,1-5H3,(H,27,29). The van der Waals surface area contributed by atoms with E-state index >= 15 is 0 Å². The zero-order valence-electron chi connectivity index (χ0n) is 20.5. The zero-order valence-corrected chi connectivity index (χ0v) is 21.3. The second kappa shape index (κ2) is 11.1. The minimum atomic E-state index is -3.88. The van der Waals surface area contributed by atoms with Gasteiger partial charge in [-0.05, 0) is 49.7 Å². The molecule has 0 unspecified atom stereocenters. The van der Waals surface area contributed by atoms with Gasteiger partial charge in [0.1, 0.15) is 5.75 Å². The first kappa shape index (κ1) is 25.9. The fourth-order valence-electron chi connectivity index (χ4n) is 3.73. The van der Waals surface area contributed by atoms with Crippen LogP contribution in [0.5, 0.6) is 17.2 Å². The van der Waals surface area contributed by atoms with Gasteiger partial charge in [0.2, 0.25) is 0 Å². The number of nitrogens with zero attached hydrogens (tertiary/aromatic N) is 1. The van der Waals surface area contributed by atoms with Crippen molar-refractivity contribution in [3.05, 3.63) is 77.4 Å². The highest BCUT2D eigenvalue weighted by Gasteiger charge is 2.26. The van der Waals surface area contributed by atoms with E-state index in [1.54, 1.807) is 62.4 Å². The van der Waals surface area contributed by atoms with Crippen LogP contribution < -0.4 is 23.8 Å². The Kier molecular flexibility index (Phi) is 8.24. The Morgan fingerprint density at radius 3 is 2.11 bits per heavy atom. The number of sulfonamides is 1. The summed E-state index contributed by atoms with van der Waals surface area (Å²) in [5.74, 6) is 1.12. The summed E-state index contributed by atoms with van der Waals surface area (Å²) in [6.45, 7) is 3.87. The summed E-state index contributed by atoms with van der Waals surface area (Å²) in [6.07, 6.45) is 0.